The molecule has 2 aromatic rings. The van der Waals surface area contributed by atoms with Crippen LogP contribution in [-0.2, 0) is 11.3 Å². The van der Waals surface area contributed by atoms with E-state index in [4.69, 9.17) is 14.2 Å². The number of carbonyl (C=O) groups excluding carboxylic acids is 1. The Morgan fingerprint density at radius 3 is 2.64 bits per heavy atom. The first-order valence-corrected chi connectivity index (χ1v) is 8.23. The lowest BCUT2D eigenvalue weighted by Gasteiger charge is -2.31. The van der Waals surface area contributed by atoms with Gasteiger partial charge in [-0.3, -0.25) is 4.79 Å². The molecule has 0 saturated heterocycles. The molecule has 2 atom stereocenters. The van der Waals surface area contributed by atoms with E-state index >= 15 is 0 Å². The Morgan fingerprint density at radius 1 is 1.20 bits per heavy atom. The quantitative estimate of drug-likeness (QED) is 0.873. The van der Waals surface area contributed by atoms with Crippen LogP contribution in [0.2, 0.25) is 0 Å². The van der Waals surface area contributed by atoms with Gasteiger partial charge in [0, 0.05) is 6.54 Å². The van der Waals surface area contributed by atoms with Gasteiger partial charge in [-0.15, -0.1) is 0 Å². The molecule has 0 spiro atoms. The van der Waals surface area contributed by atoms with Crippen LogP contribution in [0, 0.1) is 0 Å². The van der Waals surface area contributed by atoms with Gasteiger partial charge in [-0.05, 0) is 43.7 Å². The number of rotatable bonds is 5. The zero-order valence-electron chi connectivity index (χ0n) is 14.2. The van der Waals surface area contributed by atoms with Gasteiger partial charge in [0.1, 0.15) is 6.10 Å². The Morgan fingerprint density at radius 2 is 1.92 bits per heavy atom. The van der Waals surface area contributed by atoms with Crippen molar-refractivity contribution in [2.45, 2.75) is 32.6 Å². The average molecular weight is 343 g/mol. The summed E-state index contributed by atoms with van der Waals surface area (Å²) in [5.41, 5.74) is 0.819. The van der Waals surface area contributed by atoms with E-state index in [0.717, 1.165) is 5.56 Å². The standard InChI is InChI=1S/C19H21NO5/c1-3-23-17-10-13(8-9-14(17)21)11-20-19(22)18-12(2)24-15-6-4-5-7-16(15)25-18/h4-10,12,18,21H,3,11H2,1-2H3,(H,20,22). The molecule has 0 aromatic heterocycles. The van der Waals surface area contributed by atoms with Gasteiger partial charge in [-0.25, -0.2) is 0 Å². The molecule has 1 amide bonds. The Labute approximate surface area is 146 Å². The van der Waals surface area contributed by atoms with Crippen molar-refractivity contribution < 1.29 is 24.1 Å². The number of hydrogen-bond acceptors (Lipinski definition) is 5. The average Bonchev–Trinajstić information content (AvgIpc) is 2.61. The van der Waals surface area contributed by atoms with Crippen LogP contribution in [0.15, 0.2) is 42.5 Å². The van der Waals surface area contributed by atoms with E-state index in [1.54, 1.807) is 31.2 Å². The second-order valence-electron chi connectivity index (χ2n) is 5.76. The number of benzene rings is 2. The smallest absolute Gasteiger partial charge is 0.265 e. The summed E-state index contributed by atoms with van der Waals surface area (Å²) in [7, 11) is 0. The predicted molar refractivity (Wildman–Crippen MR) is 92.1 cm³/mol. The molecule has 0 bridgehead atoms. The number of fused-ring (bicyclic) bond motifs is 1. The highest BCUT2D eigenvalue weighted by molar-refractivity contribution is 5.82. The fourth-order valence-electron chi connectivity index (χ4n) is 2.64. The summed E-state index contributed by atoms with van der Waals surface area (Å²) >= 11 is 0. The van der Waals surface area contributed by atoms with Crippen molar-refractivity contribution >= 4 is 5.91 Å². The summed E-state index contributed by atoms with van der Waals surface area (Å²) in [5.74, 6) is 1.41. The van der Waals surface area contributed by atoms with Gasteiger partial charge in [-0.1, -0.05) is 18.2 Å². The molecule has 3 rings (SSSR count). The van der Waals surface area contributed by atoms with Gasteiger partial charge in [0.15, 0.2) is 23.0 Å². The maximum Gasteiger partial charge on any atom is 0.265 e. The number of para-hydroxylation sites is 2. The van der Waals surface area contributed by atoms with Gasteiger partial charge < -0.3 is 24.6 Å². The Hall–Kier alpha value is -2.89. The molecule has 0 fully saturated rings. The monoisotopic (exact) mass is 343 g/mol. The number of hydrogen-bond donors (Lipinski definition) is 2. The van der Waals surface area contributed by atoms with Crippen LogP contribution < -0.4 is 19.5 Å². The maximum absolute atomic E-state index is 12.5. The lowest BCUT2D eigenvalue weighted by molar-refractivity contribution is -0.133. The number of amides is 1. The molecule has 6 nitrogen and oxygen atoms in total. The third-order valence-corrected chi connectivity index (χ3v) is 3.89. The molecule has 0 saturated carbocycles. The first kappa shape index (κ1) is 17.0. The SMILES string of the molecule is CCOc1cc(CNC(=O)C2Oc3ccccc3OC2C)ccc1O. The fourth-order valence-corrected chi connectivity index (χ4v) is 2.64. The van der Waals surface area contributed by atoms with Gasteiger partial charge >= 0.3 is 0 Å². The predicted octanol–water partition coefficient (Wildman–Crippen LogP) is 2.64. The van der Waals surface area contributed by atoms with Gasteiger partial charge in [0.25, 0.3) is 5.91 Å². The molecule has 0 radical (unpaired) electrons. The molecule has 1 aliphatic heterocycles. The summed E-state index contributed by atoms with van der Waals surface area (Å²) in [5, 5.41) is 12.6. The van der Waals surface area contributed by atoms with Gasteiger partial charge in [-0.2, -0.15) is 0 Å². The van der Waals surface area contributed by atoms with Crippen LogP contribution in [0.3, 0.4) is 0 Å². The van der Waals surface area contributed by atoms with E-state index < -0.39 is 12.2 Å². The molecule has 6 heteroatoms. The summed E-state index contributed by atoms with van der Waals surface area (Å²) in [6.45, 7) is 4.39. The minimum Gasteiger partial charge on any atom is -0.504 e. The second-order valence-corrected chi connectivity index (χ2v) is 5.76. The zero-order valence-corrected chi connectivity index (χ0v) is 14.2. The molecule has 2 N–H and O–H groups in total. The summed E-state index contributed by atoms with van der Waals surface area (Å²) < 4.78 is 16.9. The van der Waals surface area contributed by atoms with E-state index in [0.29, 0.717) is 30.4 Å². The molecular formula is C19H21NO5. The van der Waals surface area contributed by atoms with Crippen LogP contribution in [-0.4, -0.2) is 29.8 Å². The van der Waals surface area contributed by atoms with Crippen LogP contribution >= 0.6 is 0 Å². The molecule has 2 aromatic carbocycles. The normalized spacial score (nSPS) is 18.5. The molecule has 0 aliphatic carbocycles. The number of ether oxygens (including phenoxy) is 3. The Balaban J connectivity index is 1.64. The fraction of sp³-hybridized carbons (Fsp3) is 0.316. The minimum absolute atomic E-state index is 0.0752. The first-order chi connectivity index (χ1) is 12.1. The van der Waals surface area contributed by atoms with Crippen molar-refractivity contribution in [2.75, 3.05) is 6.61 Å². The number of phenols is 1. The van der Waals surface area contributed by atoms with Crippen molar-refractivity contribution in [3.63, 3.8) is 0 Å². The summed E-state index contributed by atoms with van der Waals surface area (Å²) in [6.07, 6.45) is -1.12. The van der Waals surface area contributed by atoms with Crippen molar-refractivity contribution in [1.82, 2.24) is 5.32 Å². The van der Waals surface area contributed by atoms with Gasteiger partial charge in [0.2, 0.25) is 6.10 Å². The lowest BCUT2D eigenvalue weighted by atomic mass is 10.1. The van der Waals surface area contributed by atoms with Crippen molar-refractivity contribution in [3.8, 4) is 23.0 Å². The Bertz CT molecular complexity index is 761. The summed E-state index contributed by atoms with van der Waals surface area (Å²) in [6, 6.07) is 12.3. The maximum atomic E-state index is 12.5. The Kier molecular flexibility index (Phi) is 4.97. The topological polar surface area (TPSA) is 77.0 Å². The highest BCUT2D eigenvalue weighted by Crippen LogP contribution is 2.33. The number of carbonyl (C=O) groups is 1. The molecule has 132 valence electrons. The van der Waals surface area contributed by atoms with Crippen LogP contribution in [0.5, 0.6) is 23.0 Å². The van der Waals surface area contributed by atoms with Gasteiger partial charge in [0.05, 0.1) is 6.61 Å². The van der Waals surface area contributed by atoms with Crippen molar-refractivity contribution in [3.05, 3.63) is 48.0 Å². The number of phenolic OH excluding ortho intramolecular Hbond substituents is 1. The second kappa shape index (κ2) is 7.34. The highest BCUT2D eigenvalue weighted by Gasteiger charge is 2.33. The largest absolute Gasteiger partial charge is 0.504 e. The zero-order chi connectivity index (χ0) is 17.8. The van der Waals surface area contributed by atoms with E-state index in [-0.39, 0.29) is 11.7 Å². The van der Waals surface area contributed by atoms with E-state index in [9.17, 15) is 9.90 Å². The van der Waals surface area contributed by atoms with Crippen LogP contribution in [0.4, 0.5) is 0 Å². The van der Waals surface area contributed by atoms with Crippen LogP contribution in [0.25, 0.3) is 0 Å². The van der Waals surface area contributed by atoms with Crippen LogP contribution in [0.1, 0.15) is 19.4 Å². The summed E-state index contributed by atoms with van der Waals surface area (Å²) in [4.78, 5) is 12.5. The lowest BCUT2D eigenvalue weighted by Crippen LogP contribution is -2.48. The molecule has 1 heterocycles. The van der Waals surface area contributed by atoms with E-state index in [1.807, 2.05) is 25.1 Å². The third kappa shape index (κ3) is 3.79. The minimum atomic E-state index is -0.724. The number of nitrogens with one attached hydrogen (secondary N) is 1. The first-order valence-electron chi connectivity index (χ1n) is 8.23. The van der Waals surface area contributed by atoms with Crippen molar-refractivity contribution in [2.24, 2.45) is 0 Å². The van der Waals surface area contributed by atoms with E-state index in [2.05, 4.69) is 5.32 Å². The molecule has 2 unspecified atom stereocenters. The van der Waals surface area contributed by atoms with E-state index in [1.165, 1.54) is 0 Å². The van der Waals surface area contributed by atoms with Crippen molar-refractivity contribution in [1.29, 1.82) is 0 Å². The third-order valence-electron chi connectivity index (χ3n) is 3.89. The molecule has 25 heavy (non-hydrogen) atoms. The molecule has 1 aliphatic rings. The number of aromatic hydroxyl groups is 1. The molecular weight excluding hydrogens is 322 g/mol. The highest BCUT2D eigenvalue weighted by atomic mass is 16.6.